The lowest BCUT2D eigenvalue weighted by Gasteiger charge is -2.59. The second kappa shape index (κ2) is 5.37. The third-order valence-electron chi connectivity index (χ3n) is 9.31. The molecule has 6 atom stereocenters. The predicted octanol–water partition coefficient (Wildman–Crippen LogP) is 4.06. The van der Waals surface area contributed by atoms with Crippen LogP contribution in [0.2, 0.25) is 0 Å². The molecule has 0 radical (unpaired) electrons. The molecule has 1 saturated heterocycles. The molecule has 0 unspecified atom stereocenters. The van der Waals surface area contributed by atoms with E-state index in [1.807, 2.05) is 0 Å². The van der Waals surface area contributed by atoms with Gasteiger partial charge in [-0.15, -0.1) is 6.42 Å². The van der Waals surface area contributed by atoms with Crippen LogP contribution in [0.5, 0.6) is 0 Å². The highest BCUT2D eigenvalue weighted by Crippen LogP contribution is 2.67. The number of ether oxygens (including phenoxy) is 2. The van der Waals surface area contributed by atoms with Crippen LogP contribution in [0.15, 0.2) is 11.6 Å². The summed E-state index contributed by atoms with van der Waals surface area (Å²) in [5, 5.41) is 11.1. The summed E-state index contributed by atoms with van der Waals surface area (Å²) in [5.41, 5.74) is 0.816. The summed E-state index contributed by atoms with van der Waals surface area (Å²) >= 11 is 0. The zero-order valence-electron chi connectivity index (χ0n) is 16.2. The number of allylic oxidation sites excluding steroid dienone is 1. The van der Waals surface area contributed by atoms with Crippen LogP contribution >= 0.6 is 0 Å². The zero-order valence-corrected chi connectivity index (χ0v) is 16.2. The molecule has 1 N–H and O–H groups in total. The highest BCUT2D eigenvalue weighted by Gasteiger charge is 2.64. The summed E-state index contributed by atoms with van der Waals surface area (Å²) in [4.78, 5) is 0. The Morgan fingerprint density at radius 1 is 1.08 bits per heavy atom. The lowest BCUT2D eigenvalue weighted by Crippen LogP contribution is -2.55. The summed E-state index contributed by atoms with van der Waals surface area (Å²) < 4.78 is 12.0. The molecule has 1 aliphatic heterocycles. The molecule has 1 heterocycles. The average Bonchev–Trinajstić information content (AvgIpc) is 3.19. The molecule has 5 aliphatic rings. The van der Waals surface area contributed by atoms with Crippen molar-refractivity contribution in [1.29, 1.82) is 0 Å². The van der Waals surface area contributed by atoms with Crippen LogP contribution in [0.1, 0.15) is 65.2 Å². The minimum Gasteiger partial charge on any atom is -0.377 e. The lowest BCUT2D eigenvalue weighted by molar-refractivity contribution is -0.186. The first-order valence-electron chi connectivity index (χ1n) is 10.5. The van der Waals surface area contributed by atoms with Crippen molar-refractivity contribution in [3.8, 4) is 12.3 Å². The first-order chi connectivity index (χ1) is 12.4. The van der Waals surface area contributed by atoms with Crippen molar-refractivity contribution in [3.63, 3.8) is 0 Å². The number of rotatable bonds is 0. The normalized spacial score (nSPS) is 51.9. The van der Waals surface area contributed by atoms with Gasteiger partial charge in [0, 0.05) is 18.3 Å². The fourth-order valence-electron chi connectivity index (χ4n) is 7.60. The van der Waals surface area contributed by atoms with Crippen molar-refractivity contribution in [2.75, 3.05) is 13.2 Å². The average molecular weight is 357 g/mol. The second-order valence-electron chi connectivity index (χ2n) is 10.0. The Labute approximate surface area is 157 Å². The van der Waals surface area contributed by atoms with Crippen LogP contribution in [0.3, 0.4) is 0 Å². The van der Waals surface area contributed by atoms with Gasteiger partial charge >= 0.3 is 0 Å². The van der Waals surface area contributed by atoms with Gasteiger partial charge in [-0.25, -0.2) is 0 Å². The fourth-order valence-corrected chi connectivity index (χ4v) is 7.60. The van der Waals surface area contributed by atoms with Gasteiger partial charge in [0.25, 0.3) is 0 Å². The van der Waals surface area contributed by atoms with Crippen LogP contribution in [0.25, 0.3) is 0 Å². The van der Waals surface area contributed by atoms with E-state index in [1.165, 1.54) is 6.42 Å². The molecule has 26 heavy (non-hydrogen) atoms. The van der Waals surface area contributed by atoms with Crippen molar-refractivity contribution < 1.29 is 14.6 Å². The van der Waals surface area contributed by atoms with E-state index >= 15 is 0 Å². The van der Waals surface area contributed by atoms with Gasteiger partial charge in [-0.1, -0.05) is 31.4 Å². The van der Waals surface area contributed by atoms with E-state index in [-0.39, 0.29) is 16.6 Å². The van der Waals surface area contributed by atoms with Gasteiger partial charge in [0.2, 0.25) is 0 Å². The maximum atomic E-state index is 11.1. The second-order valence-corrected chi connectivity index (χ2v) is 10.0. The molecule has 142 valence electrons. The Morgan fingerprint density at radius 2 is 1.81 bits per heavy atom. The summed E-state index contributed by atoms with van der Waals surface area (Å²) in [5.74, 6) is 4.36. The summed E-state index contributed by atoms with van der Waals surface area (Å²) in [6, 6.07) is 0. The lowest BCUT2D eigenvalue weighted by atomic mass is 9.47. The third kappa shape index (κ3) is 2.02. The largest absolute Gasteiger partial charge is 0.377 e. The van der Waals surface area contributed by atoms with Gasteiger partial charge < -0.3 is 14.6 Å². The minimum atomic E-state index is -0.907. The molecule has 0 aromatic rings. The van der Waals surface area contributed by atoms with E-state index in [1.54, 1.807) is 5.57 Å². The van der Waals surface area contributed by atoms with E-state index in [9.17, 15) is 5.11 Å². The minimum absolute atomic E-state index is 0.113. The molecule has 0 bridgehead atoms. The summed E-state index contributed by atoms with van der Waals surface area (Å²) in [7, 11) is 0. The number of terminal acetylenes is 1. The van der Waals surface area contributed by atoms with Crippen molar-refractivity contribution in [1.82, 2.24) is 0 Å². The highest BCUT2D eigenvalue weighted by molar-refractivity contribution is 5.29. The molecular weight excluding hydrogens is 324 g/mol. The fraction of sp³-hybridized carbons (Fsp3) is 0.826. The number of fused-ring (bicyclic) bond motifs is 5. The summed E-state index contributed by atoms with van der Waals surface area (Å²) in [6.45, 7) is 6.23. The van der Waals surface area contributed by atoms with Crippen LogP contribution in [0.4, 0.5) is 0 Å². The number of aliphatic hydroxyl groups is 1. The maximum absolute atomic E-state index is 11.1. The molecule has 1 spiro atoms. The Hall–Kier alpha value is -0.820. The van der Waals surface area contributed by atoms with Gasteiger partial charge in [-0.3, -0.25) is 0 Å². The van der Waals surface area contributed by atoms with Crippen LogP contribution in [-0.4, -0.2) is 29.7 Å². The first kappa shape index (κ1) is 17.3. The Bertz CT molecular complexity index is 684. The smallest absolute Gasteiger partial charge is 0.172 e. The topological polar surface area (TPSA) is 38.7 Å². The number of hydrogen-bond donors (Lipinski definition) is 1. The maximum Gasteiger partial charge on any atom is 0.172 e. The molecule has 4 fully saturated rings. The standard InChI is InChI=1S/C23H32O3/c1-4-22(24)10-8-19-17-6-5-16-15-23(25-13-14-26-23)12-11-20(16,2)18(17)7-9-21(19,22)3/h1,5,17-19,24H,6-15H2,2-3H3/t17-,18+,19+,20+,21+,22-/m1/s1. The quantitative estimate of drug-likeness (QED) is 0.525. The third-order valence-corrected chi connectivity index (χ3v) is 9.31. The van der Waals surface area contributed by atoms with Crippen molar-refractivity contribution in [3.05, 3.63) is 11.6 Å². The Balaban J connectivity index is 1.47. The van der Waals surface area contributed by atoms with Gasteiger partial charge in [0.1, 0.15) is 5.60 Å². The highest BCUT2D eigenvalue weighted by atomic mass is 16.7. The molecule has 3 heteroatoms. The molecule has 3 nitrogen and oxygen atoms in total. The molecule has 3 saturated carbocycles. The van der Waals surface area contributed by atoms with Crippen molar-refractivity contribution in [2.45, 2.75) is 76.6 Å². The van der Waals surface area contributed by atoms with Crippen molar-refractivity contribution >= 4 is 0 Å². The molecule has 0 aromatic heterocycles. The molecule has 5 rings (SSSR count). The van der Waals surface area contributed by atoms with Crippen molar-refractivity contribution in [2.24, 2.45) is 28.6 Å². The summed E-state index contributed by atoms with van der Waals surface area (Å²) in [6.07, 6.45) is 16.6. The van der Waals surface area contributed by atoms with E-state index in [4.69, 9.17) is 15.9 Å². The van der Waals surface area contributed by atoms with Crippen LogP contribution < -0.4 is 0 Å². The molecular formula is C23H32O3. The molecule has 0 amide bonds. The van der Waals surface area contributed by atoms with Gasteiger partial charge in [0.15, 0.2) is 5.79 Å². The van der Waals surface area contributed by atoms with E-state index in [0.717, 1.165) is 58.2 Å². The van der Waals surface area contributed by atoms with Gasteiger partial charge in [0.05, 0.1) is 13.2 Å². The first-order valence-corrected chi connectivity index (χ1v) is 10.5. The van der Waals surface area contributed by atoms with E-state index in [0.29, 0.717) is 17.8 Å². The van der Waals surface area contributed by atoms with E-state index < -0.39 is 5.60 Å². The Morgan fingerprint density at radius 3 is 2.54 bits per heavy atom. The van der Waals surface area contributed by atoms with Gasteiger partial charge in [-0.05, 0) is 61.7 Å². The monoisotopic (exact) mass is 356 g/mol. The van der Waals surface area contributed by atoms with Crippen LogP contribution in [0, 0.1) is 40.9 Å². The number of hydrogen-bond acceptors (Lipinski definition) is 3. The predicted molar refractivity (Wildman–Crippen MR) is 100 cm³/mol. The van der Waals surface area contributed by atoms with E-state index in [2.05, 4.69) is 25.8 Å². The SMILES string of the molecule is C#C[C@@]1(O)CC[C@H]2[C@@H]3CC=C4CC5(CC[C@]4(C)[C@H]3CC[C@@]21C)OCCO5. The Kier molecular flexibility index (Phi) is 3.57. The molecule has 0 aromatic carbocycles. The van der Waals surface area contributed by atoms with Gasteiger partial charge in [-0.2, -0.15) is 0 Å². The zero-order chi connectivity index (χ0) is 18.2. The van der Waals surface area contributed by atoms with Crippen LogP contribution in [-0.2, 0) is 9.47 Å². The molecule has 4 aliphatic carbocycles.